The van der Waals surface area contributed by atoms with Gasteiger partial charge in [-0.15, -0.1) is 0 Å². The molecule has 1 N–H and O–H groups in total. The first kappa shape index (κ1) is 20.9. The third-order valence-corrected chi connectivity index (χ3v) is 5.86. The molecular formula is C16H15N3O8S. The molecular weight excluding hydrogens is 394 g/mol. The molecule has 12 heteroatoms. The third-order valence-electron chi connectivity index (χ3n) is 3.93. The molecule has 2 aromatic carbocycles. The minimum Gasteiger partial charge on any atom is -0.480 e. The van der Waals surface area contributed by atoms with Crippen molar-refractivity contribution >= 4 is 27.4 Å². The molecule has 0 saturated carbocycles. The summed E-state index contributed by atoms with van der Waals surface area (Å²) in [5.74, 6) is -1.40. The van der Waals surface area contributed by atoms with Crippen molar-refractivity contribution in [2.45, 2.75) is 24.4 Å². The first-order valence-corrected chi connectivity index (χ1v) is 9.20. The molecule has 0 aliphatic carbocycles. The summed E-state index contributed by atoms with van der Waals surface area (Å²) >= 11 is 0. The number of carboxylic acids is 1. The van der Waals surface area contributed by atoms with E-state index in [4.69, 9.17) is 0 Å². The smallest absolute Gasteiger partial charge is 0.321 e. The van der Waals surface area contributed by atoms with Gasteiger partial charge in [-0.05, 0) is 24.6 Å². The predicted octanol–water partition coefficient (Wildman–Crippen LogP) is 2.17. The fourth-order valence-electron chi connectivity index (χ4n) is 2.33. The van der Waals surface area contributed by atoms with E-state index in [1.54, 1.807) is 0 Å². The second kappa shape index (κ2) is 8.10. The van der Waals surface area contributed by atoms with Gasteiger partial charge in [0, 0.05) is 30.8 Å². The van der Waals surface area contributed by atoms with Crippen LogP contribution in [0, 0.1) is 20.2 Å². The predicted molar refractivity (Wildman–Crippen MR) is 96.0 cm³/mol. The summed E-state index contributed by atoms with van der Waals surface area (Å²) in [6.07, 6.45) is 0. The fourth-order valence-corrected chi connectivity index (χ4v) is 3.91. The van der Waals surface area contributed by atoms with E-state index in [1.165, 1.54) is 31.2 Å². The monoisotopic (exact) mass is 409 g/mol. The van der Waals surface area contributed by atoms with E-state index in [2.05, 4.69) is 0 Å². The standard InChI is InChI=1S/C16H15N3O8S/c1-11(16(20)21)17(10-12-2-4-13(5-3-12)18(22)23)28(26,27)15-8-6-14(7-9-15)19(24)25/h2-9,11H,10H2,1H3,(H,20,21). The van der Waals surface area contributed by atoms with Gasteiger partial charge in [0.15, 0.2) is 0 Å². The second-order valence-corrected chi connectivity index (χ2v) is 7.63. The maximum absolute atomic E-state index is 12.9. The van der Waals surface area contributed by atoms with Crippen molar-refractivity contribution in [1.29, 1.82) is 0 Å². The van der Waals surface area contributed by atoms with Crippen molar-refractivity contribution in [3.05, 3.63) is 74.3 Å². The average Bonchev–Trinajstić information content (AvgIpc) is 2.65. The number of aliphatic carboxylic acids is 1. The fraction of sp³-hybridized carbons (Fsp3) is 0.188. The molecule has 0 aromatic heterocycles. The van der Waals surface area contributed by atoms with Crippen molar-refractivity contribution in [2.75, 3.05) is 0 Å². The lowest BCUT2D eigenvalue weighted by Crippen LogP contribution is -2.42. The minimum atomic E-state index is -4.32. The summed E-state index contributed by atoms with van der Waals surface area (Å²) in [5, 5.41) is 30.7. The number of hydrogen-bond acceptors (Lipinski definition) is 7. The quantitative estimate of drug-likeness (QED) is 0.512. The molecule has 28 heavy (non-hydrogen) atoms. The second-order valence-electron chi connectivity index (χ2n) is 5.74. The van der Waals surface area contributed by atoms with Crippen molar-refractivity contribution in [1.82, 2.24) is 4.31 Å². The summed E-state index contributed by atoms with van der Waals surface area (Å²) in [4.78, 5) is 31.2. The highest BCUT2D eigenvalue weighted by atomic mass is 32.2. The van der Waals surface area contributed by atoms with Crippen molar-refractivity contribution < 1.29 is 28.2 Å². The van der Waals surface area contributed by atoms with E-state index >= 15 is 0 Å². The molecule has 0 spiro atoms. The van der Waals surface area contributed by atoms with Gasteiger partial charge in [0.05, 0.1) is 14.7 Å². The molecule has 0 fully saturated rings. The van der Waals surface area contributed by atoms with Crippen molar-refractivity contribution in [2.24, 2.45) is 0 Å². The molecule has 0 saturated heterocycles. The lowest BCUT2D eigenvalue weighted by atomic mass is 10.2. The molecule has 0 radical (unpaired) electrons. The Labute approximate surface area is 159 Å². The summed E-state index contributed by atoms with van der Waals surface area (Å²) < 4.78 is 26.6. The zero-order chi connectivity index (χ0) is 21.1. The van der Waals surface area contributed by atoms with E-state index in [0.29, 0.717) is 9.87 Å². The van der Waals surface area contributed by atoms with Gasteiger partial charge < -0.3 is 5.11 Å². The summed E-state index contributed by atoms with van der Waals surface area (Å²) in [6, 6.07) is 7.60. The Morgan fingerprint density at radius 3 is 1.82 bits per heavy atom. The number of nitro benzene ring substituents is 2. The Balaban J connectivity index is 2.42. The lowest BCUT2D eigenvalue weighted by Gasteiger charge is -2.25. The molecule has 0 aliphatic rings. The third kappa shape index (κ3) is 4.47. The molecule has 0 amide bonds. The Kier molecular flexibility index (Phi) is 6.06. The first-order chi connectivity index (χ1) is 13.0. The van der Waals surface area contributed by atoms with Crippen LogP contribution in [-0.2, 0) is 21.4 Å². The number of non-ortho nitro benzene ring substituents is 2. The number of carbonyl (C=O) groups is 1. The zero-order valence-electron chi connectivity index (χ0n) is 14.5. The van der Waals surface area contributed by atoms with Gasteiger partial charge in [0.1, 0.15) is 6.04 Å². The highest BCUT2D eigenvalue weighted by Gasteiger charge is 2.33. The van der Waals surface area contributed by atoms with Crippen LogP contribution in [0.15, 0.2) is 53.4 Å². The number of sulfonamides is 1. The minimum absolute atomic E-state index is 0.195. The molecule has 0 bridgehead atoms. The number of nitro groups is 2. The van der Waals surface area contributed by atoms with Gasteiger partial charge in [-0.1, -0.05) is 12.1 Å². The molecule has 0 aliphatic heterocycles. The van der Waals surface area contributed by atoms with Gasteiger partial charge in [-0.3, -0.25) is 25.0 Å². The average molecular weight is 409 g/mol. The molecule has 2 aromatic rings. The van der Waals surface area contributed by atoms with Crippen LogP contribution in [0.5, 0.6) is 0 Å². The Hall–Kier alpha value is -3.38. The molecule has 1 atom stereocenters. The van der Waals surface area contributed by atoms with Crippen LogP contribution in [0.4, 0.5) is 11.4 Å². The van der Waals surface area contributed by atoms with Gasteiger partial charge in [0.25, 0.3) is 11.4 Å². The van der Waals surface area contributed by atoms with Crippen LogP contribution in [0.25, 0.3) is 0 Å². The maximum atomic E-state index is 12.9. The first-order valence-electron chi connectivity index (χ1n) is 7.76. The lowest BCUT2D eigenvalue weighted by molar-refractivity contribution is -0.385. The van der Waals surface area contributed by atoms with Crippen LogP contribution in [0.1, 0.15) is 12.5 Å². The van der Waals surface area contributed by atoms with Crippen LogP contribution in [0.2, 0.25) is 0 Å². The Bertz CT molecular complexity index is 1000. The topological polar surface area (TPSA) is 161 Å². The zero-order valence-corrected chi connectivity index (χ0v) is 15.3. The van der Waals surface area contributed by atoms with Crippen molar-refractivity contribution in [3.8, 4) is 0 Å². The molecule has 11 nitrogen and oxygen atoms in total. The maximum Gasteiger partial charge on any atom is 0.321 e. The van der Waals surface area contributed by atoms with E-state index in [9.17, 15) is 38.5 Å². The van der Waals surface area contributed by atoms with Gasteiger partial charge >= 0.3 is 5.97 Å². The molecule has 2 rings (SSSR count). The number of carboxylic acid groups (broad SMARTS) is 1. The van der Waals surface area contributed by atoms with Gasteiger partial charge in [-0.2, -0.15) is 4.31 Å². The number of nitrogens with zero attached hydrogens (tertiary/aromatic N) is 3. The molecule has 0 heterocycles. The van der Waals surface area contributed by atoms with E-state index < -0.39 is 31.9 Å². The normalized spacial score (nSPS) is 12.5. The Morgan fingerprint density at radius 1 is 1.00 bits per heavy atom. The van der Waals surface area contributed by atoms with Crippen LogP contribution < -0.4 is 0 Å². The van der Waals surface area contributed by atoms with Crippen LogP contribution in [0.3, 0.4) is 0 Å². The highest BCUT2D eigenvalue weighted by molar-refractivity contribution is 7.89. The van der Waals surface area contributed by atoms with Gasteiger partial charge in [-0.25, -0.2) is 8.42 Å². The van der Waals surface area contributed by atoms with Gasteiger partial charge in [0.2, 0.25) is 10.0 Å². The van der Waals surface area contributed by atoms with Crippen LogP contribution in [-0.4, -0.2) is 39.7 Å². The van der Waals surface area contributed by atoms with Crippen molar-refractivity contribution in [3.63, 3.8) is 0 Å². The SMILES string of the molecule is CC(C(=O)O)N(Cc1ccc([N+](=O)[O-])cc1)S(=O)(=O)c1ccc([N+](=O)[O-])cc1. The highest BCUT2D eigenvalue weighted by Crippen LogP contribution is 2.24. The van der Waals surface area contributed by atoms with E-state index in [0.717, 1.165) is 24.3 Å². The number of hydrogen-bond donors (Lipinski definition) is 1. The Morgan fingerprint density at radius 2 is 1.43 bits per heavy atom. The summed E-state index contributed by atoms with van der Waals surface area (Å²) in [6.45, 7) is 0.821. The number of rotatable bonds is 8. The van der Waals surface area contributed by atoms with Crippen LogP contribution >= 0.6 is 0 Å². The van der Waals surface area contributed by atoms with E-state index in [-0.39, 0.29) is 22.8 Å². The summed E-state index contributed by atoms with van der Waals surface area (Å²) in [7, 11) is -4.32. The summed E-state index contributed by atoms with van der Waals surface area (Å²) in [5.41, 5.74) is -0.170. The largest absolute Gasteiger partial charge is 0.480 e. The van der Waals surface area contributed by atoms with E-state index in [1.807, 2.05) is 0 Å². The molecule has 1 unspecified atom stereocenters. The number of benzene rings is 2. The molecule has 148 valence electrons.